The third-order valence-corrected chi connectivity index (χ3v) is 3.20. The van der Waals surface area contributed by atoms with Gasteiger partial charge in [-0.25, -0.2) is 4.98 Å². The fraction of sp³-hybridized carbons (Fsp3) is 0.0769. The number of nitrogens with zero attached hydrogens (tertiary/aromatic N) is 5. The van der Waals surface area contributed by atoms with E-state index in [4.69, 9.17) is 0 Å². The molecule has 10 nitrogen and oxygen atoms in total. The van der Waals surface area contributed by atoms with Gasteiger partial charge in [-0.15, -0.1) is 5.10 Å². The van der Waals surface area contributed by atoms with Crippen LogP contribution in [0.25, 0.3) is 5.69 Å². The summed E-state index contributed by atoms with van der Waals surface area (Å²) in [6, 6.07) is 3.57. The third kappa shape index (κ3) is 3.35. The lowest BCUT2D eigenvalue weighted by Crippen LogP contribution is -2.14. The summed E-state index contributed by atoms with van der Waals surface area (Å²) in [6.07, 6.45) is -0.504. The Balaban J connectivity index is 1.87. The van der Waals surface area contributed by atoms with Crippen LogP contribution in [-0.4, -0.2) is 35.6 Å². The van der Waals surface area contributed by atoms with Crippen molar-refractivity contribution in [1.29, 1.82) is 0 Å². The second kappa shape index (κ2) is 6.27. The molecule has 0 aliphatic carbocycles. The molecule has 0 aliphatic heterocycles. The summed E-state index contributed by atoms with van der Waals surface area (Å²) >= 11 is 0. The van der Waals surface area contributed by atoms with Gasteiger partial charge in [-0.1, -0.05) is 0 Å². The van der Waals surface area contributed by atoms with Gasteiger partial charge in [0, 0.05) is 24.0 Å². The summed E-state index contributed by atoms with van der Waals surface area (Å²) in [7, 11) is 0. The zero-order valence-corrected chi connectivity index (χ0v) is 12.6. The molecule has 0 unspecified atom stereocenters. The molecule has 1 aromatic carbocycles. The minimum atomic E-state index is -4.75. The van der Waals surface area contributed by atoms with E-state index >= 15 is 0 Å². The van der Waals surface area contributed by atoms with E-state index in [0.29, 0.717) is 0 Å². The predicted octanol–water partition coefficient (Wildman–Crippen LogP) is 2.17. The van der Waals surface area contributed by atoms with Crippen molar-refractivity contribution < 1.29 is 22.9 Å². The lowest BCUT2D eigenvalue weighted by Gasteiger charge is -2.06. The summed E-state index contributed by atoms with van der Waals surface area (Å²) in [6.45, 7) is 0. The number of carbonyl (C=O) groups excluding carboxylic acids is 1. The predicted molar refractivity (Wildman–Crippen MR) is 79.6 cm³/mol. The van der Waals surface area contributed by atoms with Gasteiger partial charge in [0.25, 0.3) is 11.6 Å². The normalized spacial score (nSPS) is 11.3. The molecule has 2 aromatic heterocycles. The second-order valence-corrected chi connectivity index (χ2v) is 4.89. The van der Waals surface area contributed by atoms with E-state index < -0.39 is 28.8 Å². The molecule has 0 saturated heterocycles. The quantitative estimate of drug-likeness (QED) is 0.537. The number of halogens is 3. The minimum absolute atomic E-state index is 0.154. The summed E-state index contributed by atoms with van der Waals surface area (Å²) in [5, 5.41) is 18.2. The first kappa shape index (κ1) is 17.1. The van der Waals surface area contributed by atoms with E-state index in [9.17, 15) is 28.1 Å². The van der Waals surface area contributed by atoms with Gasteiger partial charge in [-0.3, -0.25) is 25.3 Å². The van der Waals surface area contributed by atoms with E-state index in [1.807, 2.05) is 5.32 Å². The first-order chi connectivity index (χ1) is 12.3. The number of nitrogens with one attached hydrogen (secondary N) is 2. The Bertz CT molecular complexity index is 966. The Morgan fingerprint density at radius 3 is 2.69 bits per heavy atom. The van der Waals surface area contributed by atoms with E-state index in [1.54, 1.807) is 5.10 Å². The van der Waals surface area contributed by atoms with Crippen LogP contribution in [0.4, 0.5) is 24.8 Å². The summed E-state index contributed by atoms with van der Waals surface area (Å²) in [4.78, 5) is 29.5. The minimum Gasteiger partial charge on any atom is -0.300 e. The van der Waals surface area contributed by atoms with Crippen LogP contribution in [-0.2, 0) is 6.18 Å². The number of benzene rings is 1. The molecular formula is C13H8F3N7O3. The lowest BCUT2D eigenvalue weighted by atomic mass is 10.1. The van der Waals surface area contributed by atoms with E-state index in [0.717, 1.165) is 6.07 Å². The zero-order chi connectivity index (χ0) is 18.9. The SMILES string of the molecule is O=C(Nc1n[nH]c(C(F)(F)F)n1)c1ccc(-n2ccnc2)c([N+](=O)[O-])c1. The molecule has 134 valence electrons. The van der Waals surface area contributed by atoms with Crippen molar-refractivity contribution in [2.24, 2.45) is 0 Å². The number of H-pyrrole nitrogens is 1. The Kier molecular flexibility index (Phi) is 4.11. The Labute approximate surface area is 141 Å². The number of hydrogen-bond donors (Lipinski definition) is 2. The van der Waals surface area contributed by atoms with Crippen molar-refractivity contribution in [2.45, 2.75) is 6.18 Å². The monoisotopic (exact) mass is 367 g/mol. The number of rotatable bonds is 4. The standard InChI is InChI=1S/C13H8F3N7O3/c14-13(15,16)11-19-12(21-20-11)18-10(24)7-1-2-8(9(5-7)23(25)26)22-4-3-17-6-22/h1-6H,(H2,18,19,20,21,24). The molecule has 3 rings (SSSR count). The van der Waals surface area contributed by atoms with Crippen molar-refractivity contribution in [3.8, 4) is 5.69 Å². The topological polar surface area (TPSA) is 132 Å². The lowest BCUT2D eigenvalue weighted by molar-refractivity contribution is -0.384. The highest BCUT2D eigenvalue weighted by molar-refractivity contribution is 6.04. The first-order valence-corrected chi connectivity index (χ1v) is 6.83. The highest BCUT2D eigenvalue weighted by Gasteiger charge is 2.35. The number of nitro groups is 1. The summed E-state index contributed by atoms with van der Waals surface area (Å²) in [5.74, 6) is -2.89. The third-order valence-electron chi connectivity index (χ3n) is 3.20. The first-order valence-electron chi connectivity index (χ1n) is 6.83. The number of amides is 1. The molecule has 26 heavy (non-hydrogen) atoms. The van der Waals surface area contributed by atoms with Gasteiger partial charge >= 0.3 is 6.18 Å². The summed E-state index contributed by atoms with van der Waals surface area (Å²) < 4.78 is 38.7. The fourth-order valence-corrected chi connectivity index (χ4v) is 2.05. The van der Waals surface area contributed by atoms with Crippen LogP contribution in [0.3, 0.4) is 0 Å². The van der Waals surface area contributed by atoms with Crippen molar-refractivity contribution in [3.05, 3.63) is 58.4 Å². The molecule has 0 aliphatic rings. The number of nitro benzene ring substituents is 1. The van der Waals surface area contributed by atoms with Crippen LogP contribution in [0.5, 0.6) is 0 Å². The Morgan fingerprint density at radius 2 is 2.12 bits per heavy atom. The fourth-order valence-electron chi connectivity index (χ4n) is 2.05. The van der Waals surface area contributed by atoms with Crippen LogP contribution < -0.4 is 5.32 Å². The van der Waals surface area contributed by atoms with Crippen LogP contribution >= 0.6 is 0 Å². The van der Waals surface area contributed by atoms with Gasteiger partial charge in [-0.2, -0.15) is 18.2 Å². The van der Waals surface area contributed by atoms with Crippen LogP contribution in [0, 0.1) is 10.1 Å². The maximum absolute atomic E-state index is 12.5. The van der Waals surface area contributed by atoms with Crippen LogP contribution in [0.2, 0.25) is 0 Å². The average Bonchev–Trinajstić information content (AvgIpc) is 3.25. The summed E-state index contributed by atoms with van der Waals surface area (Å²) in [5.41, 5.74) is -0.373. The zero-order valence-electron chi connectivity index (χ0n) is 12.6. The number of alkyl halides is 3. The highest BCUT2D eigenvalue weighted by Crippen LogP contribution is 2.27. The smallest absolute Gasteiger partial charge is 0.300 e. The van der Waals surface area contributed by atoms with Crippen molar-refractivity contribution in [3.63, 3.8) is 0 Å². The number of aromatic amines is 1. The number of imidazole rings is 1. The Morgan fingerprint density at radius 1 is 1.35 bits per heavy atom. The molecule has 0 bridgehead atoms. The van der Waals surface area contributed by atoms with E-state index in [-0.39, 0.29) is 16.9 Å². The van der Waals surface area contributed by atoms with Crippen molar-refractivity contribution >= 4 is 17.5 Å². The largest absolute Gasteiger partial charge is 0.451 e. The molecule has 1 amide bonds. The van der Waals surface area contributed by atoms with Gasteiger partial charge in [0.15, 0.2) is 0 Å². The second-order valence-electron chi connectivity index (χ2n) is 4.89. The molecule has 2 heterocycles. The number of hydrogen-bond acceptors (Lipinski definition) is 6. The van der Waals surface area contributed by atoms with Crippen LogP contribution in [0.1, 0.15) is 16.2 Å². The van der Waals surface area contributed by atoms with Crippen molar-refractivity contribution in [1.82, 2.24) is 24.7 Å². The molecule has 2 N–H and O–H groups in total. The highest BCUT2D eigenvalue weighted by atomic mass is 19.4. The van der Waals surface area contributed by atoms with Gasteiger partial charge in [0.05, 0.1) is 11.3 Å². The maximum atomic E-state index is 12.5. The van der Waals surface area contributed by atoms with Crippen molar-refractivity contribution in [2.75, 3.05) is 5.32 Å². The molecule has 0 spiro atoms. The molecule has 0 radical (unpaired) electrons. The number of carbonyl (C=O) groups is 1. The number of anilines is 1. The molecular weight excluding hydrogens is 359 g/mol. The van der Waals surface area contributed by atoms with Gasteiger partial charge < -0.3 is 4.57 Å². The van der Waals surface area contributed by atoms with Gasteiger partial charge in [0.1, 0.15) is 5.69 Å². The Hall–Kier alpha value is -3.77. The van der Waals surface area contributed by atoms with Crippen LogP contribution in [0.15, 0.2) is 36.9 Å². The van der Waals surface area contributed by atoms with E-state index in [1.165, 1.54) is 35.4 Å². The molecule has 0 fully saturated rings. The molecule has 3 aromatic rings. The molecule has 0 atom stereocenters. The average molecular weight is 367 g/mol. The molecule has 0 saturated carbocycles. The van der Waals surface area contributed by atoms with E-state index in [2.05, 4.69) is 15.1 Å². The van der Waals surface area contributed by atoms with Gasteiger partial charge in [-0.05, 0) is 12.1 Å². The number of aromatic nitrogens is 5. The van der Waals surface area contributed by atoms with Gasteiger partial charge in [0.2, 0.25) is 11.8 Å². The molecule has 13 heteroatoms. The maximum Gasteiger partial charge on any atom is 0.451 e.